The first kappa shape index (κ1) is 20.8. The van der Waals surface area contributed by atoms with Gasteiger partial charge < -0.3 is 9.47 Å². The van der Waals surface area contributed by atoms with Gasteiger partial charge in [0.15, 0.2) is 5.79 Å². The van der Waals surface area contributed by atoms with E-state index in [4.69, 9.17) is 9.47 Å². The fraction of sp³-hybridized carbons (Fsp3) is 0.476. The van der Waals surface area contributed by atoms with Gasteiger partial charge in [-0.3, -0.25) is 0 Å². The van der Waals surface area contributed by atoms with Crippen molar-refractivity contribution in [2.75, 3.05) is 13.2 Å². The second kappa shape index (κ2) is 7.81. The van der Waals surface area contributed by atoms with Crippen LogP contribution < -0.4 is 4.83 Å². The third kappa shape index (κ3) is 4.21. The van der Waals surface area contributed by atoms with Gasteiger partial charge in [-0.05, 0) is 42.4 Å². The fourth-order valence-electron chi connectivity index (χ4n) is 4.09. The summed E-state index contributed by atoms with van der Waals surface area (Å²) in [6.45, 7) is 13.4. The molecule has 2 aliphatic rings. The number of hydrazone groups is 1. The van der Waals surface area contributed by atoms with Crippen LogP contribution in [0.4, 0.5) is 0 Å². The van der Waals surface area contributed by atoms with Gasteiger partial charge in [0, 0.05) is 12.8 Å². The number of rotatable bonds is 6. The van der Waals surface area contributed by atoms with E-state index in [1.54, 1.807) is 24.3 Å². The number of ether oxygens (including phenoxy) is 2. The Morgan fingerprint density at radius 3 is 2.54 bits per heavy atom. The van der Waals surface area contributed by atoms with E-state index in [2.05, 4.69) is 30.0 Å². The highest BCUT2D eigenvalue weighted by Crippen LogP contribution is 2.51. The molecular formula is C21H28N2O4S. The van der Waals surface area contributed by atoms with Crippen molar-refractivity contribution in [2.45, 2.75) is 43.8 Å². The number of nitrogens with one attached hydrogen (secondary N) is 1. The molecule has 152 valence electrons. The minimum Gasteiger partial charge on any atom is -0.348 e. The zero-order valence-electron chi connectivity index (χ0n) is 16.5. The van der Waals surface area contributed by atoms with E-state index in [1.807, 2.05) is 13.0 Å². The second-order valence-corrected chi connectivity index (χ2v) is 9.49. The lowest BCUT2D eigenvalue weighted by Crippen LogP contribution is -2.45. The maximum absolute atomic E-state index is 12.4. The molecule has 1 aromatic carbocycles. The van der Waals surface area contributed by atoms with Gasteiger partial charge in [-0.15, -0.1) is 6.58 Å². The Hall–Kier alpha value is -1.96. The van der Waals surface area contributed by atoms with Crippen LogP contribution in [-0.2, 0) is 19.5 Å². The third-order valence-electron chi connectivity index (χ3n) is 5.72. The van der Waals surface area contributed by atoms with Crippen LogP contribution in [0.3, 0.4) is 0 Å². The van der Waals surface area contributed by atoms with Gasteiger partial charge in [0.05, 0.1) is 24.3 Å². The van der Waals surface area contributed by atoms with Crippen LogP contribution in [0.5, 0.6) is 0 Å². The molecule has 3 rings (SSSR count). The largest absolute Gasteiger partial charge is 0.348 e. The number of sulfonamides is 1. The van der Waals surface area contributed by atoms with Crippen molar-refractivity contribution < 1.29 is 17.9 Å². The molecule has 1 aliphatic carbocycles. The van der Waals surface area contributed by atoms with Crippen LogP contribution in [0.25, 0.3) is 0 Å². The molecule has 1 heterocycles. The highest BCUT2D eigenvalue weighted by atomic mass is 32.2. The van der Waals surface area contributed by atoms with E-state index in [-0.39, 0.29) is 16.2 Å². The molecule has 7 heteroatoms. The molecule has 0 bridgehead atoms. The van der Waals surface area contributed by atoms with Gasteiger partial charge in [-0.25, -0.2) is 4.83 Å². The highest BCUT2D eigenvalue weighted by Gasteiger charge is 2.50. The summed E-state index contributed by atoms with van der Waals surface area (Å²) in [6, 6.07) is 6.60. The molecule has 1 aliphatic heterocycles. The fourth-order valence-corrected chi connectivity index (χ4v) is 4.88. The highest BCUT2D eigenvalue weighted by molar-refractivity contribution is 7.89. The maximum atomic E-state index is 12.4. The van der Waals surface area contributed by atoms with Crippen molar-refractivity contribution in [3.63, 3.8) is 0 Å². The van der Waals surface area contributed by atoms with Crippen molar-refractivity contribution in [2.24, 2.45) is 16.4 Å². The molecule has 1 N–H and O–H groups in total. The van der Waals surface area contributed by atoms with Gasteiger partial charge in [0.25, 0.3) is 10.0 Å². The average molecular weight is 405 g/mol. The van der Waals surface area contributed by atoms with Gasteiger partial charge in [0.1, 0.15) is 0 Å². The molecule has 0 aromatic heterocycles. The van der Waals surface area contributed by atoms with Gasteiger partial charge in [-0.2, -0.15) is 13.5 Å². The molecule has 2 atom stereocenters. The van der Waals surface area contributed by atoms with Crippen LogP contribution in [-0.4, -0.2) is 33.6 Å². The van der Waals surface area contributed by atoms with Crippen LogP contribution in [0, 0.1) is 18.3 Å². The van der Waals surface area contributed by atoms with Gasteiger partial charge in [-0.1, -0.05) is 37.3 Å². The summed E-state index contributed by atoms with van der Waals surface area (Å²) < 4.78 is 36.4. The predicted molar refractivity (Wildman–Crippen MR) is 109 cm³/mol. The summed E-state index contributed by atoms with van der Waals surface area (Å²) in [5, 5.41) is 3.95. The number of benzene rings is 1. The third-order valence-corrected chi connectivity index (χ3v) is 6.96. The van der Waals surface area contributed by atoms with E-state index in [1.165, 1.54) is 6.21 Å². The summed E-state index contributed by atoms with van der Waals surface area (Å²) in [7, 11) is -3.71. The maximum Gasteiger partial charge on any atom is 0.276 e. The van der Waals surface area contributed by atoms with Crippen molar-refractivity contribution in [1.29, 1.82) is 0 Å². The topological polar surface area (TPSA) is 77.0 Å². The first-order chi connectivity index (χ1) is 13.2. The minimum absolute atomic E-state index is 0.0797. The molecule has 0 radical (unpaired) electrons. The molecule has 28 heavy (non-hydrogen) atoms. The number of hydrogen-bond donors (Lipinski definition) is 1. The van der Waals surface area contributed by atoms with Crippen LogP contribution in [0.2, 0.25) is 0 Å². The first-order valence-electron chi connectivity index (χ1n) is 9.42. The Bertz CT molecular complexity index is 870. The Morgan fingerprint density at radius 1 is 1.29 bits per heavy atom. The lowest BCUT2D eigenvalue weighted by Gasteiger charge is -2.47. The summed E-state index contributed by atoms with van der Waals surface area (Å²) in [4.78, 5) is 2.44. The predicted octanol–water partition coefficient (Wildman–Crippen LogP) is 3.55. The number of aryl methyl sites for hydroxylation is 1. The Balaban J connectivity index is 1.68. The normalized spacial score (nSPS) is 27.1. The number of hydrogen-bond acceptors (Lipinski definition) is 5. The smallest absolute Gasteiger partial charge is 0.276 e. The zero-order chi connectivity index (χ0) is 20.4. The standard InChI is InChI=1S/C21H28N2O4S/c1-5-20(4)15-21(26-12-13-27-21)11-10-19(20)17(3)14-22-23-28(24,25)18-8-6-16(2)7-9-18/h5-9,14,19,23H,1,3,10-13,15H2,2,4H3/b22-14+/t19-,20+/m0/s1. The molecule has 0 unspecified atom stereocenters. The SMILES string of the molecule is C=C[C@]1(C)CC2(CC[C@H]1C(=C)/C=N/NS(=O)(=O)c1ccc(C)cc1)OCCO2. The second-order valence-electron chi connectivity index (χ2n) is 7.83. The quantitative estimate of drug-likeness (QED) is 0.447. The number of allylic oxidation sites excluding steroid dienone is 2. The van der Waals surface area contributed by atoms with E-state index in [9.17, 15) is 8.42 Å². The molecule has 1 spiro atoms. The lowest BCUT2D eigenvalue weighted by atomic mass is 9.63. The van der Waals surface area contributed by atoms with Crippen molar-refractivity contribution >= 4 is 16.2 Å². The van der Waals surface area contributed by atoms with Crippen molar-refractivity contribution in [3.8, 4) is 0 Å². The van der Waals surface area contributed by atoms with Crippen molar-refractivity contribution in [3.05, 3.63) is 54.6 Å². The summed E-state index contributed by atoms with van der Waals surface area (Å²) >= 11 is 0. The summed E-state index contributed by atoms with van der Waals surface area (Å²) in [5.41, 5.74) is 1.47. The Labute approximate surface area is 167 Å². The first-order valence-corrected chi connectivity index (χ1v) is 10.9. The Morgan fingerprint density at radius 2 is 1.93 bits per heavy atom. The van der Waals surface area contributed by atoms with E-state index < -0.39 is 15.8 Å². The van der Waals surface area contributed by atoms with E-state index >= 15 is 0 Å². The van der Waals surface area contributed by atoms with E-state index in [0.29, 0.717) is 19.6 Å². The lowest BCUT2D eigenvalue weighted by molar-refractivity contribution is -0.200. The minimum atomic E-state index is -3.71. The number of nitrogens with zero attached hydrogens (tertiary/aromatic N) is 1. The zero-order valence-corrected chi connectivity index (χ0v) is 17.3. The molecular weight excluding hydrogens is 376 g/mol. The van der Waals surface area contributed by atoms with Gasteiger partial charge in [0.2, 0.25) is 0 Å². The average Bonchev–Trinajstić information content (AvgIpc) is 3.09. The monoisotopic (exact) mass is 404 g/mol. The van der Waals surface area contributed by atoms with E-state index in [0.717, 1.165) is 24.0 Å². The molecule has 0 amide bonds. The van der Waals surface area contributed by atoms with Crippen LogP contribution in [0.15, 0.2) is 59.1 Å². The molecule has 6 nitrogen and oxygen atoms in total. The van der Waals surface area contributed by atoms with Crippen LogP contribution in [0.1, 0.15) is 31.7 Å². The molecule has 1 saturated heterocycles. The van der Waals surface area contributed by atoms with Crippen LogP contribution >= 0.6 is 0 Å². The Kier molecular flexibility index (Phi) is 5.79. The molecule has 1 saturated carbocycles. The summed E-state index contributed by atoms with van der Waals surface area (Å²) in [6.07, 6.45) is 5.67. The summed E-state index contributed by atoms with van der Waals surface area (Å²) in [5.74, 6) is -0.458. The van der Waals surface area contributed by atoms with Gasteiger partial charge >= 0.3 is 0 Å². The molecule has 2 fully saturated rings. The molecule has 1 aromatic rings. The van der Waals surface area contributed by atoms with Crippen molar-refractivity contribution in [1.82, 2.24) is 4.83 Å².